The van der Waals surface area contributed by atoms with Gasteiger partial charge in [0.25, 0.3) is 0 Å². The third-order valence-corrected chi connectivity index (χ3v) is 4.06. The van der Waals surface area contributed by atoms with Gasteiger partial charge in [-0.15, -0.1) is 11.3 Å². The van der Waals surface area contributed by atoms with Gasteiger partial charge in [-0.2, -0.15) is 0 Å². The molecule has 0 aliphatic heterocycles. The van der Waals surface area contributed by atoms with E-state index in [0.717, 1.165) is 0 Å². The van der Waals surface area contributed by atoms with Gasteiger partial charge in [-0.1, -0.05) is 29.3 Å². The van der Waals surface area contributed by atoms with E-state index in [2.05, 4.69) is 0 Å². The lowest BCUT2D eigenvalue weighted by Gasteiger charge is -2.09. The van der Waals surface area contributed by atoms with Gasteiger partial charge >= 0.3 is 0 Å². The summed E-state index contributed by atoms with van der Waals surface area (Å²) in [4.78, 5) is 22.9. The molecule has 6 heteroatoms. The first-order valence-corrected chi connectivity index (χ1v) is 6.82. The highest BCUT2D eigenvalue weighted by atomic mass is 35.5. The largest absolute Gasteiger partial charge is 0.484 e. The molecule has 1 aromatic carbocycles. The second kappa shape index (κ2) is 6.19. The minimum absolute atomic E-state index is 0.110. The standard InChI is InChI=1S/C13H7Cl2O3S/c14-11-8(13(17)10-2-1-7-19-10)3-4-9(12(11)15)18-6-5-16/h1-4,7H,6H2. The lowest BCUT2D eigenvalue weighted by Crippen LogP contribution is -2.03. The summed E-state index contributed by atoms with van der Waals surface area (Å²) < 4.78 is 5.04. The maximum atomic E-state index is 12.2. The van der Waals surface area contributed by atoms with Crippen LogP contribution in [0.25, 0.3) is 0 Å². The molecule has 2 aromatic rings. The van der Waals surface area contributed by atoms with Crippen molar-refractivity contribution in [3.8, 4) is 5.75 Å². The number of carbonyl (C=O) groups excluding carboxylic acids is 2. The molecule has 19 heavy (non-hydrogen) atoms. The molecular formula is C13H7Cl2O3S. The van der Waals surface area contributed by atoms with Crippen LogP contribution in [-0.2, 0) is 4.79 Å². The summed E-state index contributed by atoms with van der Waals surface area (Å²) in [6, 6.07) is 6.52. The van der Waals surface area contributed by atoms with E-state index < -0.39 is 0 Å². The number of rotatable bonds is 5. The van der Waals surface area contributed by atoms with E-state index in [0.29, 0.717) is 10.4 Å². The molecular weight excluding hydrogens is 307 g/mol. The number of thiophene rings is 1. The Morgan fingerprint density at radius 3 is 2.68 bits per heavy atom. The first kappa shape index (κ1) is 14.1. The number of carbonyl (C=O) groups is 1. The predicted octanol–water partition coefficient (Wildman–Crippen LogP) is 3.77. The van der Waals surface area contributed by atoms with Crippen LogP contribution in [0.2, 0.25) is 10.0 Å². The Labute approximate surface area is 123 Å². The van der Waals surface area contributed by atoms with Crippen LogP contribution < -0.4 is 4.74 Å². The molecule has 0 atom stereocenters. The number of hydrogen-bond acceptors (Lipinski definition) is 4. The molecule has 1 radical (unpaired) electrons. The smallest absolute Gasteiger partial charge is 0.239 e. The molecule has 3 nitrogen and oxygen atoms in total. The van der Waals surface area contributed by atoms with Crippen LogP contribution in [-0.4, -0.2) is 18.7 Å². The fraction of sp³-hybridized carbons (Fsp3) is 0.0769. The highest BCUT2D eigenvalue weighted by molar-refractivity contribution is 7.12. The molecule has 0 bridgehead atoms. The summed E-state index contributed by atoms with van der Waals surface area (Å²) >= 11 is 13.4. The zero-order valence-electron chi connectivity index (χ0n) is 9.48. The second-order valence-corrected chi connectivity index (χ2v) is 5.18. The SMILES string of the molecule is O=[C]COc1ccc(C(=O)c2cccs2)c(Cl)c1Cl. The molecule has 0 fully saturated rings. The maximum absolute atomic E-state index is 12.2. The molecule has 1 aromatic heterocycles. The third-order valence-electron chi connectivity index (χ3n) is 2.32. The molecule has 0 N–H and O–H groups in total. The van der Waals surface area contributed by atoms with Crippen LogP contribution in [0, 0.1) is 0 Å². The van der Waals surface area contributed by atoms with Gasteiger partial charge in [0.2, 0.25) is 12.1 Å². The van der Waals surface area contributed by atoms with Gasteiger partial charge in [0.15, 0.2) is 6.61 Å². The first-order chi connectivity index (χ1) is 9.15. The van der Waals surface area contributed by atoms with Crippen LogP contribution in [0.5, 0.6) is 5.75 Å². The van der Waals surface area contributed by atoms with Crippen molar-refractivity contribution < 1.29 is 14.3 Å². The van der Waals surface area contributed by atoms with Crippen LogP contribution in [0.3, 0.4) is 0 Å². The minimum Gasteiger partial charge on any atom is -0.484 e. The molecule has 0 saturated carbocycles. The molecule has 0 aliphatic rings. The molecule has 0 unspecified atom stereocenters. The van der Waals surface area contributed by atoms with Crippen molar-refractivity contribution in [3.63, 3.8) is 0 Å². The third kappa shape index (κ3) is 2.97. The van der Waals surface area contributed by atoms with Gasteiger partial charge in [-0.05, 0) is 23.6 Å². The molecule has 2 rings (SSSR count). The van der Waals surface area contributed by atoms with E-state index in [1.807, 2.05) is 0 Å². The van der Waals surface area contributed by atoms with Gasteiger partial charge < -0.3 is 4.74 Å². The Hall–Kier alpha value is -1.36. The van der Waals surface area contributed by atoms with E-state index >= 15 is 0 Å². The zero-order valence-corrected chi connectivity index (χ0v) is 11.8. The van der Waals surface area contributed by atoms with E-state index in [4.69, 9.17) is 27.9 Å². The van der Waals surface area contributed by atoms with Gasteiger partial charge in [0, 0.05) is 5.56 Å². The van der Waals surface area contributed by atoms with Crippen molar-refractivity contribution in [1.82, 2.24) is 0 Å². The van der Waals surface area contributed by atoms with E-state index in [1.54, 1.807) is 23.8 Å². The number of benzene rings is 1. The van der Waals surface area contributed by atoms with Crippen molar-refractivity contribution in [2.75, 3.05) is 6.61 Å². The van der Waals surface area contributed by atoms with Crippen molar-refractivity contribution >= 4 is 46.6 Å². The number of halogens is 2. The monoisotopic (exact) mass is 313 g/mol. The van der Waals surface area contributed by atoms with E-state index in [9.17, 15) is 9.59 Å². The molecule has 97 valence electrons. The molecule has 1 heterocycles. The van der Waals surface area contributed by atoms with Crippen molar-refractivity contribution in [2.45, 2.75) is 0 Å². The van der Waals surface area contributed by atoms with Gasteiger partial charge in [-0.3, -0.25) is 9.59 Å². The predicted molar refractivity (Wildman–Crippen MR) is 75.4 cm³/mol. The fourth-order valence-electron chi connectivity index (χ4n) is 1.47. The van der Waals surface area contributed by atoms with E-state index in [-0.39, 0.29) is 28.2 Å². The Bertz CT molecular complexity index is 609. The van der Waals surface area contributed by atoms with Gasteiger partial charge in [-0.25, -0.2) is 0 Å². The van der Waals surface area contributed by atoms with Crippen LogP contribution in [0.15, 0.2) is 29.6 Å². The number of ketones is 1. The highest BCUT2D eigenvalue weighted by Crippen LogP contribution is 2.35. The first-order valence-electron chi connectivity index (χ1n) is 5.19. The topological polar surface area (TPSA) is 43.4 Å². The Morgan fingerprint density at radius 1 is 1.26 bits per heavy atom. The summed E-state index contributed by atoms with van der Waals surface area (Å²) in [6.07, 6.45) is 1.58. The minimum atomic E-state index is -0.242. The average Bonchev–Trinajstić information content (AvgIpc) is 2.94. The summed E-state index contributed by atoms with van der Waals surface area (Å²) in [7, 11) is 0. The quantitative estimate of drug-likeness (QED) is 0.789. The Kier molecular flexibility index (Phi) is 4.58. The Morgan fingerprint density at radius 2 is 2.05 bits per heavy atom. The van der Waals surface area contributed by atoms with Crippen LogP contribution in [0.4, 0.5) is 0 Å². The summed E-state index contributed by atoms with van der Waals surface area (Å²) in [5.41, 5.74) is 0.302. The normalized spacial score (nSPS) is 10.2. The fourth-order valence-corrected chi connectivity index (χ4v) is 2.61. The lowest BCUT2D eigenvalue weighted by molar-refractivity contribution is 0.104. The zero-order chi connectivity index (χ0) is 13.8. The van der Waals surface area contributed by atoms with Crippen LogP contribution >= 0.6 is 34.5 Å². The van der Waals surface area contributed by atoms with E-state index in [1.165, 1.54) is 23.5 Å². The van der Waals surface area contributed by atoms with Gasteiger partial charge in [0.05, 0.1) is 9.90 Å². The molecule has 0 aliphatic carbocycles. The number of ether oxygens (including phenoxy) is 1. The van der Waals surface area contributed by atoms with Crippen molar-refractivity contribution in [3.05, 3.63) is 50.1 Å². The summed E-state index contributed by atoms with van der Waals surface area (Å²) in [5.74, 6) is 0.0492. The van der Waals surface area contributed by atoms with Gasteiger partial charge in [0.1, 0.15) is 10.8 Å². The highest BCUT2D eigenvalue weighted by Gasteiger charge is 2.18. The lowest BCUT2D eigenvalue weighted by atomic mass is 10.1. The van der Waals surface area contributed by atoms with Crippen LogP contribution in [0.1, 0.15) is 15.2 Å². The molecule has 0 saturated heterocycles. The summed E-state index contributed by atoms with van der Waals surface area (Å²) in [6.45, 7) is -0.242. The second-order valence-electron chi connectivity index (χ2n) is 3.48. The molecule has 0 spiro atoms. The number of hydrogen-bond donors (Lipinski definition) is 0. The Balaban J connectivity index is 2.36. The van der Waals surface area contributed by atoms with Crippen molar-refractivity contribution in [2.24, 2.45) is 0 Å². The average molecular weight is 314 g/mol. The maximum Gasteiger partial charge on any atom is 0.239 e. The summed E-state index contributed by atoms with van der Waals surface area (Å²) in [5, 5.41) is 2.03. The molecule has 0 amide bonds. The van der Waals surface area contributed by atoms with Crippen molar-refractivity contribution in [1.29, 1.82) is 0 Å².